The summed E-state index contributed by atoms with van der Waals surface area (Å²) in [5, 5.41) is 47.2. The molecule has 20 heteroatoms. The van der Waals surface area contributed by atoms with Gasteiger partial charge >= 0.3 is 6.03 Å². The van der Waals surface area contributed by atoms with Crippen molar-refractivity contribution in [2.75, 3.05) is 33.0 Å². The highest BCUT2D eigenvalue weighted by Gasteiger charge is 2.37. The van der Waals surface area contributed by atoms with Crippen LogP contribution >= 0.6 is 0 Å². The van der Waals surface area contributed by atoms with Gasteiger partial charge in [0.2, 0.25) is 23.6 Å². The number of hydrogen-bond acceptors (Lipinski definition) is 14. The van der Waals surface area contributed by atoms with Crippen molar-refractivity contribution in [1.82, 2.24) is 37.2 Å². The lowest BCUT2D eigenvalue weighted by Gasteiger charge is -2.34. The van der Waals surface area contributed by atoms with Gasteiger partial charge in [0.1, 0.15) is 24.0 Å². The number of carbonyl (C=O) groups is 7. The second-order valence-corrected chi connectivity index (χ2v) is 11.3. The van der Waals surface area contributed by atoms with E-state index in [1.165, 1.54) is 0 Å². The molecule has 20 nitrogen and oxygen atoms in total. The summed E-state index contributed by atoms with van der Waals surface area (Å²) in [4.78, 5) is 90.6. The number of nitrogens with two attached hydrogens (primary N) is 3. The first-order valence-electron chi connectivity index (χ1n) is 15.1. The fourth-order valence-corrected chi connectivity index (χ4v) is 4.96. The topological polar surface area (TPSA) is 342 Å². The van der Waals surface area contributed by atoms with E-state index in [4.69, 9.17) is 17.2 Å². The maximum Gasteiger partial charge on any atom is 0.316 e. The number of Topliss-reactive ketones (excluding diaryl/α,β-unsaturated/α-hetero) is 2. The molecule has 47 heavy (non-hydrogen) atoms. The van der Waals surface area contributed by atoms with Gasteiger partial charge in [-0.3, -0.25) is 34.1 Å². The minimum absolute atomic E-state index is 0.0372. The third kappa shape index (κ3) is 12.9. The quantitative estimate of drug-likeness (QED) is 0.0962. The van der Waals surface area contributed by atoms with Crippen LogP contribution in [0.15, 0.2) is 11.9 Å². The molecule has 0 aromatic rings. The average molecular weight is 671 g/mol. The van der Waals surface area contributed by atoms with E-state index >= 15 is 0 Å². The van der Waals surface area contributed by atoms with Gasteiger partial charge in [0.25, 0.3) is 0 Å². The maximum absolute atomic E-state index is 13.6. The number of aliphatic hydroxyl groups excluding tert-OH is 3. The van der Waals surface area contributed by atoms with Crippen LogP contribution in [-0.2, 0) is 28.8 Å². The van der Waals surface area contributed by atoms with Crippen LogP contribution in [0.4, 0.5) is 4.79 Å². The minimum atomic E-state index is -1.58. The number of allylic oxidation sites excluding steroid dienone is 1. The van der Waals surface area contributed by atoms with Gasteiger partial charge in [-0.05, 0) is 19.4 Å². The Balaban J connectivity index is 2.50. The van der Waals surface area contributed by atoms with Gasteiger partial charge in [-0.1, -0.05) is 0 Å². The summed E-state index contributed by atoms with van der Waals surface area (Å²) in [6.07, 6.45) is -0.803. The van der Waals surface area contributed by atoms with Crippen LogP contribution in [0.2, 0.25) is 0 Å². The van der Waals surface area contributed by atoms with E-state index in [-0.39, 0.29) is 19.5 Å². The molecular weight excluding hydrogens is 624 g/mol. The molecule has 1 unspecified atom stereocenters. The summed E-state index contributed by atoms with van der Waals surface area (Å²) >= 11 is 0. The molecule has 0 aliphatic carbocycles. The molecule has 2 heterocycles. The molecule has 6 amide bonds. The zero-order valence-corrected chi connectivity index (χ0v) is 25.8. The van der Waals surface area contributed by atoms with Crippen molar-refractivity contribution in [3.8, 4) is 0 Å². The predicted molar refractivity (Wildman–Crippen MR) is 163 cm³/mol. The Bertz CT molecular complexity index is 1180. The number of primary amides is 1. The van der Waals surface area contributed by atoms with Crippen LogP contribution < -0.4 is 54.4 Å². The Morgan fingerprint density at radius 2 is 1.74 bits per heavy atom. The van der Waals surface area contributed by atoms with Gasteiger partial charge in [0.15, 0.2) is 11.6 Å². The largest absolute Gasteiger partial charge is 0.396 e. The Morgan fingerprint density at radius 3 is 2.36 bits per heavy atom. The van der Waals surface area contributed by atoms with Crippen LogP contribution in [-0.4, -0.2) is 120 Å². The Labute approximate surface area is 270 Å². The normalized spacial score (nSPS) is 28.5. The Morgan fingerprint density at radius 1 is 1.02 bits per heavy atom. The van der Waals surface area contributed by atoms with Crippen molar-refractivity contribution in [3.05, 3.63) is 11.9 Å². The summed E-state index contributed by atoms with van der Waals surface area (Å²) in [5.74, 6) is -7.90. The van der Waals surface area contributed by atoms with Gasteiger partial charge in [-0.25, -0.2) is 4.79 Å². The second-order valence-electron chi connectivity index (χ2n) is 11.3. The lowest BCUT2D eigenvalue weighted by molar-refractivity contribution is -0.135. The molecule has 2 fully saturated rings. The van der Waals surface area contributed by atoms with E-state index in [1.807, 2.05) is 0 Å². The van der Waals surface area contributed by atoms with Gasteiger partial charge < -0.3 is 64.4 Å². The molecule has 0 aromatic heterocycles. The van der Waals surface area contributed by atoms with E-state index in [2.05, 4.69) is 37.2 Å². The molecule has 0 saturated carbocycles. The number of nitrogens with one attached hydrogen (secondary N) is 7. The molecule has 0 spiro atoms. The number of rotatable bonds is 10. The van der Waals surface area contributed by atoms with Gasteiger partial charge in [0, 0.05) is 57.2 Å². The Kier molecular flexibility index (Phi) is 16.3. The van der Waals surface area contributed by atoms with E-state index < -0.39 is 122 Å². The number of aliphatic hydroxyl groups is 3. The standard InChI is InChI=1S/C27H46N10O10/c28-3-1-2-14(29)5-23(43)35-18-9-31-25(45)15(16-7-22(42)34-12-33-16)6-21(41)17(8-32-27(30)47)36-24(44)13(10-38)4-20(40)19(11-39)37-26(18)46/h8,13-16,18-19,22,33-34,38-39,42H,1-7,9-12,28-29H2,(H,31,45)(H,35,43)(H,36,44)(H,37,46)(H3,30,32,47)/b17-8-/t13-,14-,15-,16+,18?,19-,22-/m0/s1. The van der Waals surface area contributed by atoms with Crippen LogP contribution in [0.3, 0.4) is 0 Å². The second kappa shape index (κ2) is 19.6. The van der Waals surface area contributed by atoms with Crippen molar-refractivity contribution in [3.63, 3.8) is 0 Å². The molecule has 2 aliphatic heterocycles. The molecule has 2 aliphatic rings. The first-order valence-corrected chi connectivity index (χ1v) is 15.1. The van der Waals surface area contributed by atoms with E-state index in [9.17, 15) is 48.9 Å². The third-order valence-electron chi connectivity index (χ3n) is 7.61. The predicted octanol–water partition coefficient (Wildman–Crippen LogP) is -6.47. The number of hydrogen-bond donors (Lipinski definition) is 13. The van der Waals surface area contributed by atoms with E-state index in [0.29, 0.717) is 19.4 Å². The first-order chi connectivity index (χ1) is 22.3. The number of amides is 6. The summed E-state index contributed by atoms with van der Waals surface area (Å²) in [5.41, 5.74) is 16.1. The monoisotopic (exact) mass is 670 g/mol. The average Bonchev–Trinajstić information content (AvgIpc) is 3.02. The highest BCUT2D eigenvalue weighted by atomic mass is 16.3. The molecule has 0 radical (unpaired) electrons. The molecule has 16 N–H and O–H groups in total. The van der Waals surface area contributed by atoms with Crippen LogP contribution in [0.1, 0.15) is 38.5 Å². The van der Waals surface area contributed by atoms with Crippen LogP contribution in [0, 0.1) is 11.8 Å². The fraction of sp³-hybridized carbons (Fsp3) is 0.667. The maximum atomic E-state index is 13.6. The molecule has 2 saturated heterocycles. The summed E-state index contributed by atoms with van der Waals surface area (Å²) in [7, 11) is 0. The molecule has 0 aromatic carbocycles. The third-order valence-corrected chi connectivity index (χ3v) is 7.61. The van der Waals surface area contributed by atoms with Gasteiger partial charge in [-0.2, -0.15) is 0 Å². The molecule has 0 bridgehead atoms. The number of ketones is 2. The zero-order chi connectivity index (χ0) is 35.1. The van der Waals surface area contributed by atoms with Crippen LogP contribution in [0.5, 0.6) is 0 Å². The smallest absolute Gasteiger partial charge is 0.316 e. The summed E-state index contributed by atoms with van der Waals surface area (Å²) < 4.78 is 0. The van der Waals surface area contributed by atoms with Crippen molar-refractivity contribution in [2.45, 2.75) is 68.9 Å². The summed E-state index contributed by atoms with van der Waals surface area (Å²) in [6, 6.07) is -5.56. The van der Waals surface area contributed by atoms with Gasteiger partial charge in [-0.15, -0.1) is 0 Å². The first kappa shape index (κ1) is 39.1. The van der Waals surface area contributed by atoms with Crippen molar-refractivity contribution in [1.29, 1.82) is 0 Å². The van der Waals surface area contributed by atoms with Gasteiger partial charge in [0.05, 0.1) is 25.0 Å². The minimum Gasteiger partial charge on any atom is -0.396 e. The van der Waals surface area contributed by atoms with E-state index in [0.717, 1.165) is 6.20 Å². The number of urea groups is 1. The number of carbonyl (C=O) groups excluding carboxylic acids is 7. The lowest BCUT2D eigenvalue weighted by Crippen LogP contribution is -2.59. The van der Waals surface area contributed by atoms with Crippen LogP contribution in [0.25, 0.3) is 0 Å². The molecule has 264 valence electrons. The SMILES string of the molecule is NCCC[C@H](N)CC(=O)NC1CNC(=O)[C@H]([C@H]2C[C@H](O)NCN2)CC(=O)/C(=C/NC(N)=O)NC(=O)[C@H](CO)CC(=O)[C@H](CO)NC1=O. The van der Waals surface area contributed by atoms with Crippen molar-refractivity contribution in [2.24, 2.45) is 29.0 Å². The lowest BCUT2D eigenvalue weighted by atomic mass is 9.88. The van der Waals surface area contributed by atoms with E-state index in [1.54, 1.807) is 0 Å². The highest BCUT2D eigenvalue weighted by Crippen LogP contribution is 2.19. The highest BCUT2D eigenvalue weighted by molar-refractivity contribution is 6.02. The molecular formula is C27H46N10O10. The summed E-state index contributed by atoms with van der Waals surface area (Å²) in [6.45, 7) is -1.92. The Hall–Kier alpha value is -4.05. The molecule has 7 atom stereocenters. The van der Waals surface area contributed by atoms with Crippen molar-refractivity contribution >= 4 is 41.2 Å². The van der Waals surface area contributed by atoms with Crippen molar-refractivity contribution < 1.29 is 48.9 Å². The fourth-order valence-electron chi connectivity index (χ4n) is 4.96. The zero-order valence-electron chi connectivity index (χ0n) is 25.8. The molecule has 2 rings (SSSR count).